The molecule has 0 radical (unpaired) electrons. The molecule has 0 spiro atoms. The second-order valence-electron chi connectivity index (χ2n) is 35.0. The van der Waals surface area contributed by atoms with Gasteiger partial charge in [0.25, 0.3) is 0 Å². The van der Waals surface area contributed by atoms with E-state index in [1.54, 1.807) is 54.7 Å². The molecule has 0 aliphatic carbocycles. The van der Waals surface area contributed by atoms with Crippen LogP contribution in [0.2, 0.25) is 0 Å². The third kappa shape index (κ3) is 27.7. The van der Waals surface area contributed by atoms with Gasteiger partial charge in [-0.25, -0.2) is 4.39 Å². The van der Waals surface area contributed by atoms with Crippen LogP contribution in [-0.2, 0) is 107 Å². The van der Waals surface area contributed by atoms with E-state index < -0.39 is 249 Å². The Labute approximate surface area is 759 Å². The number of unbranched alkanes of at least 4 members (excludes halogenated alkanes) is 2. The first-order valence-corrected chi connectivity index (χ1v) is 45.3. The third-order valence-electron chi connectivity index (χ3n) is 24.8. The maximum Gasteiger partial charge on any atom is 0.323 e. The molecule has 20 N–H and O–H groups in total. The second-order valence-corrected chi connectivity index (χ2v) is 35.0. The van der Waals surface area contributed by atoms with Gasteiger partial charge in [-0.15, -0.1) is 0 Å². The Kier molecular flexibility index (Phi) is 38.0. The van der Waals surface area contributed by atoms with Crippen molar-refractivity contribution in [1.29, 1.82) is 0 Å². The monoisotopic (exact) mass is 1830 g/mol. The number of aromatic nitrogens is 2. The lowest BCUT2D eigenvalue weighted by molar-refractivity contribution is -0.149. The SMILES string of the molecule is CCCC[C@H]1C(=O)N(C)[C@@H](CCCC)C(=O)N[C@@H](CC(C)C)C(=O)NCCC[C@@H](N)C(=O)N[C@@H](Cc2ccc(F)cc2)C(=O)N2CCCC[C@H]2C(=O)N[C@@H](CC(N)=O)C(=O)N2CCC[C@H]2C(=O)N[C@@H](CN)C(=O)N[C@@H](CCC(=O)O)C(=O)N2C[C@H](O)C[C@H]2C(=O)C[C@@H](Cc2c[nH]c3ccccc23)C(=O)N[C@@H](CCN)C(=O)N[C@@H](Cc2cn(CC(=O)O)c3ccccc23)C(=O)N1C. The summed E-state index contributed by atoms with van der Waals surface area (Å²) in [5.41, 5.74) is 27.1. The summed E-state index contributed by atoms with van der Waals surface area (Å²) in [6.07, 6.45) is 0.254. The fourth-order valence-electron chi connectivity index (χ4n) is 17.7. The summed E-state index contributed by atoms with van der Waals surface area (Å²) in [5.74, 6) is -18.1. The Morgan fingerprint density at radius 2 is 1.11 bits per heavy atom. The summed E-state index contributed by atoms with van der Waals surface area (Å²) in [6, 6.07) is -0.506. The van der Waals surface area contributed by atoms with Gasteiger partial charge in [0.05, 0.1) is 24.6 Å². The average molecular weight is 1830 g/mol. The van der Waals surface area contributed by atoms with Crippen molar-refractivity contribution >= 4 is 122 Å². The zero-order chi connectivity index (χ0) is 95.6. The number of likely N-dealkylation sites (N-methyl/N-ethyl adjacent to an activating group) is 2. The van der Waals surface area contributed by atoms with Gasteiger partial charge in [-0.3, -0.25) is 81.5 Å². The van der Waals surface area contributed by atoms with Crippen LogP contribution in [0.4, 0.5) is 4.39 Å². The van der Waals surface area contributed by atoms with E-state index in [1.807, 2.05) is 27.7 Å². The smallest absolute Gasteiger partial charge is 0.323 e. The number of carbonyl (C=O) groups excluding carboxylic acids is 15. The summed E-state index contributed by atoms with van der Waals surface area (Å²) in [4.78, 5) is 257. The van der Waals surface area contributed by atoms with E-state index in [0.717, 1.165) is 21.9 Å². The molecule has 4 aliphatic rings. The number of carbonyl (C=O) groups is 17. The van der Waals surface area contributed by atoms with Crippen LogP contribution in [0.25, 0.3) is 21.8 Å². The fourth-order valence-corrected chi connectivity index (χ4v) is 17.7. The van der Waals surface area contributed by atoms with E-state index in [0.29, 0.717) is 77.0 Å². The first kappa shape index (κ1) is 102. The molecule has 0 unspecified atom stereocenters. The predicted molar refractivity (Wildman–Crippen MR) is 477 cm³/mol. The van der Waals surface area contributed by atoms with Gasteiger partial charge in [-0.2, -0.15) is 0 Å². The van der Waals surface area contributed by atoms with Crippen molar-refractivity contribution in [2.45, 2.75) is 267 Å². The molecule has 4 fully saturated rings. The van der Waals surface area contributed by atoms with E-state index in [2.05, 4.69) is 47.5 Å². The van der Waals surface area contributed by atoms with Crippen LogP contribution in [0.3, 0.4) is 0 Å². The quantitative estimate of drug-likeness (QED) is 0.0388. The zero-order valence-corrected chi connectivity index (χ0v) is 75.2. The first-order chi connectivity index (χ1) is 62.4. The minimum absolute atomic E-state index is 0.0140. The summed E-state index contributed by atoms with van der Waals surface area (Å²) in [6.45, 7) is 5.15. The number of fused-ring (bicyclic) bond motifs is 5. The Balaban J connectivity index is 1.09. The number of aliphatic hydroxyl groups excluding tert-OH is 1. The van der Waals surface area contributed by atoms with Crippen molar-refractivity contribution in [3.63, 3.8) is 0 Å². The number of H-pyrrole nitrogens is 1. The average Bonchev–Trinajstić information content (AvgIpc) is 1.66. The van der Waals surface area contributed by atoms with E-state index >= 15 is 38.4 Å². The molecule has 3 aromatic carbocycles. The number of ketones is 1. The maximum absolute atomic E-state index is 15.9. The number of aliphatic hydroxyl groups is 1. The molecule has 714 valence electrons. The van der Waals surface area contributed by atoms with Crippen LogP contribution in [0, 0.1) is 17.7 Å². The highest BCUT2D eigenvalue weighted by atomic mass is 19.1. The zero-order valence-electron chi connectivity index (χ0n) is 75.2. The Morgan fingerprint density at radius 3 is 1.76 bits per heavy atom. The molecular formula is C91H128FN19O20. The summed E-state index contributed by atoms with van der Waals surface area (Å²) >= 11 is 0. The summed E-state index contributed by atoms with van der Waals surface area (Å²) in [7, 11) is 2.78. The number of amides is 14. The molecule has 14 amide bonds. The number of para-hydroxylation sites is 2. The normalized spacial score (nSPS) is 25.8. The van der Waals surface area contributed by atoms with Gasteiger partial charge < -0.3 is 115 Å². The fraction of sp³-hybridized carbons (Fsp3) is 0.571. The number of nitrogens with zero attached hydrogens (tertiary/aromatic N) is 6. The van der Waals surface area contributed by atoms with E-state index in [-0.39, 0.29) is 109 Å². The van der Waals surface area contributed by atoms with E-state index in [4.69, 9.17) is 22.9 Å². The molecule has 40 heteroatoms. The van der Waals surface area contributed by atoms with Gasteiger partial charge in [0.2, 0.25) is 82.7 Å². The highest BCUT2D eigenvalue weighted by molar-refractivity contribution is 6.02. The number of aliphatic carboxylic acids is 2. The molecule has 2 aromatic heterocycles. The molecule has 6 heterocycles. The van der Waals surface area contributed by atoms with Crippen LogP contribution in [0.5, 0.6) is 0 Å². The number of halogens is 1. The van der Waals surface area contributed by atoms with Crippen molar-refractivity contribution in [3.8, 4) is 0 Å². The Morgan fingerprint density at radius 1 is 0.534 bits per heavy atom. The number of nitrogens with one attached hydrogen (secondary N) is 9. The van der Waals surface area contributed by atoms with Gasteiger partial charge >= 0.3 is 11.9 Å². The number of carboxylic acids is 2. The second kappa shape index (κ2) is 48.6. The molecule has 0 bridgehead atoms. The van der Waals surface area contributed by atoms with Gasteiger partial charge in [0, 0.05) is 119 Å². The number of rotatable bonds is 24. The number of hydrogen-bond donors (Lipinski definition) is 16. The molecule has 0 saturated carbocycles. The largest absolute Gasteiger partial charge is 0.481 e. The van der Waals surface area contributed by atoms with Crippen molar-refractivity contribution in [2.24, 2.45) is 34.8 Å². The lowest BCUT2D eigenvalue weighted by Gasteiger charge is -2.38. The van der Waals surface area contributed by atoms with E-state index in [9.17, 15) is 62.9 Å². The predicted octanol–water partition coefficient (Wildman–Crippen LogP) is 0.0426. The van der Waals surface area contributed by atoms with Crippen LogP contribution < -0.4 is 65.5 Å². The molecule has 9 rings (SSSR count). The highest BCUT2D eigenvalue weighted by Gasteiger charge is 2.47. The lowest BCUT2D eigenvalue weighted by Crippen LogP contribution is -2.62. The van der Waals surface area contributed by atoms with Gasteiger partial charge in [0.15, 0.2) is 5.78 Å². The molecule has 5 aromatic rings. The highest BCUT2D eigenvalue weighted by Crippen LogP contribution is 2.31. The van der Waals surface area contributed by atoms with Gasteiger partial charge in [-0.05, 0) is 137 Å². The number of Topliss-reactive ketones (excluding diaryl/α,β-unsaturated/α-hetero) is 1. The van der Waals surface area contributed by atoms with E-state index in [1.165, 1.54) is 51.7 Å². The van der Waals surface area contributed by atoms with Crippen LogP contribution >= 0.6 is 0 Å². The van der Waals surface area contributed by atoms with Crippen molar-refractivity contribution in [2.75, 3.05) is 53.4 Å². The maximum atomic E-state index is 15.9. The number of aromatic amines is 1. The van der Waals surface area contributed by atoms with Gasteiger partial charge in [0.1, 0.15) is 78.8 Å². The molecule has 4 saturated heterocycles. The molecule has 39 nitrogen and oxygen atoms in total. The topological polar surface area (TPSA) is 588 Å². The number of hydrogen-bond acceptors (Lipinski definition) is 21. The third-order valence-corrected chi connectivity index (χ3v) is 24.8. The van der Waals surface area contributed by atoms with Crippen LogP contribution in [0.15, 0.2) is 85.2 Å². The standard InChI is InChI=1S/C91H128FN19O20/c1-7-9-23-70-84(124)101-64(39-51(3)4)81(121)97-36-17-21-60(95)80(120)102-65(40-52-28-30-56(92)31-29-52)89(129)109-37-16-15-26-71(109)85(125)104-67(45-76(96)114)90(130)110-38-18-27-72(110)86(126)105-68(46-94)83(123)100-63(32-33-77(115)116)88(128)111-49-57(112)44-74(111)75(113)43-53(41-54-47-98-61-22-13-11-19-58(54)61)79(119)99-62(34-35-93)82(122)103-66(87(127)107(6)73(24-10-8-2)91(131)106(70)5)42-55-48-108(50-78(117)118)69-25-14-12-20-59(55)69/h11-14,19-20,22,25,28-31,47-48,51,53,57,60,62-68,70-74,98,112H,7-10,15-18,21,23-24,26-27,32-46,49-50,93-95H2,1-6H3,(H2,96,114)(H,97,121)(H,99,119)(H,100,123)(H,101,124)(H,102,120)(H,103,122)(H,104,125)(H,105,126)(H,115,116)(H,117,118)/t53-,57-,60-,62+,63+,64+,65+,66+,67+,68+,70+,71+,72+,73+,74+/m1/s1. The van der Waals surface area contributed by atoms with Crippen molar-refractivity contribution < 1.29 is 101 Å². The van der Waals surface area contributed by atoms with Crippen LogP contribution in [-0.4, -0.2) is 288 Å². The minimum Gasteiger partial charge on any atom is -0.481 e. The first-order valence-electron chi connectivity index (χ1n) is 45.3. The molecule has 4 aliphatic heterocycles. The van der Waals surface area contributed by atoms with Crippen molar-refractivity contribution in [3.05, 3.63) is 108 Å². The lowest BCUT2D eigenvalue weighted by atomic mass is 9.90. The minimum atomic E-state index is -1.81. The van der Waals surface area contributed by atoms with Gasteiger partial charge in [-0.1, -0.05) is 102 Å². The number of nitrogens with two attached hydrogens (primary N) is 4. The summed E-state index contributed by atoms with van der Waals surface area (Å²) in [5, 5.41) is 54.3. The summed E-state index contributed by atoms with van der Waals surface area (Å²) < 4.78 is 15.8. The van der Waals surface area contributed by atoms with Crippen LogP contribution in [0.1, 0.15) is 173 Å². The number of benzene rings is 3. The molecule has 131 heavy (non-hydrogen) atoms. The Hall–Kier alpha value is -12.3. The Bertz CT molecular complexity index is 4930. The number of primary amides is 1. The number of piperidine rings is 1. The number of carboxylic acid groups (broad SMARTS) is 2. The van der Waals surface area contributed by atoms with Crippen molar-refractivity contribution in [1.82, 2.24) is 76.6 Å². The molecule has 15 atom stereocenters. The molecular weight excluding hydrogens is 1700 g/mol.